The van der Waals surface area contributed by atoms with E-state index in [1.54, 1.807) is 18.4 Å². The van der Waals surface area contributed by atoms with Crippen molar-refractivity contribution in [2.45, 2.75) is 20.5 Å². The zero-order valence-corrected chi connectivity index (χ0v) is 17.6. The van der Waals surface area contributed by atoms with E-state index >= 15 is 0 Å². The van der Waals surface area contributed by atoms with Gasteiger partial charge in [0.25, 0.3) is 0 Å². The van der Waals surface area contributed by atoms with Crippen LogP contribution in [-0.2, 0) is 16.1 Å². The largest absolute Gasteiger partial charge is 0.463 e. The van der Waals surface area contributed by atoms with E-state index in [2.05, 4.69) is 0 Å². The summed E-state index contributed by atoms with van der Waals surface area (Å²) in [5.74, 6) is 1.61. The summed E-state index contributed by atoms with van der Waals surface area (Å²) in [4.78, 5) is 12.7. The molecule has 4 nitrogen and oxygen atoms in total. The second-order valence-electron chi connectivity index (χ2n) is 7.99. The normalized spacial score (nSPS) is 19.9. The van der Waals surface area contributed by atoms with Gasteiger partial charge in [0.2, 0.25) is 0 Å². The molecule has 2 atom stereocenters. The van der Waals surface area contributed by atoms with E-state index in [0.29, 0.717) is 16.5 Å². The summed E-state index contributed by atoms with van der Waals surface area (Å²) < 4.78 is 16.8. The molecule has 0 radical (unpaired) electrons. The average molecular weight is 423 g/mol. The van der Waals surface area contributed by atoms with Crippen LogP contribution in [0.4, 0.5) is 0 Å². The molecule has 0 unspecified atom stereocenters. The van der Waals surface area contributed by atoms with Crippen LogP contribution in [0.1, 0.15) is 25.2 Å². The molecule has 0 bridgehead atoms. The molecule has 1 saturated carbocycles. The molecular formula is C25H23ClO4. The molecule has 3 aromatic rings. The number of carbonyl (C=O) groups is 1. The fourth-order valence-electron chi connectivity index (χ4n) is 3.66. The lowest BCUT2D eigenvalue weighted by molar-refractivity contribution is -0.147. The van der Waals surface area contributed by atoms with Gasteiger partial charge in [-0.25, -0.2) is 0 Å². The van der Waals surface area contributed by atoms with Crippen molar-refractivity contribution in [3.05, 3.63) is 90.4 Å². The first kappa shape index (κ1) is 20.3. The van der Waals surface area contributed by atoms with Crippen molar-refractivity contribution in [1.29, 1.82) is 0 Å². The van der Waals surface area contributed by atoms with Gasteiger partial charge in [0, 0.05) is 0 Å². The molecule has 0 saturated heterocycles. The third kappa shape index (κ3) is 4.44. The molecule has 1 heterocycles. The monoisotopic (exact) mass is 422 g/mol. The minimum Gasteiger partial charge on any atom is -0.463 e. The highest BCUT2D eigenvalue weighted by molar-refractivity contribution is 6.48. The van der Waals surface area contributed by atoms with Crippen LogP contribution >= 0.6 is 11.6 Å². The second-order valence-corrected chi connectivity index (χ2v) is 8.39. The second kappa shape index (κ2) is 8.41. The van der Waals surface area contributed by atoms with Gasteiger partial charge in [0.05, 0.1) is 17.2 Å². The molecule has 4 rings (SSSR count). The molecule has 1 aromatic heterocycles. The van der Waals surface area contributed by atoms with Crippen molar-refractivity contribution in [3.63, 3.8) is 0 Å². The summed E-state index contributed by atoms with van der Waals surface area (Å²) in [6.07, 6.45) is 3.46. The van der Waals surface area contributed by atoms with Crippen LogP contribution in [0.3, 0.4) is 0 Å². The van der Waals surface area contributed by atoms with Crippen molar-refractivity contribution < 1.29 is 18.7 Å². The highest BCUT2D eigenvalue weighted by atomic mass is 35.5. The van der Waals surface area contributed by atoms with Crippen molar-refractivity contribution in [3.8, 4) is 11.5 Å². The van der Waals surface area contributed by atoms with Gasteiger partial charge < -0.3 is 13.9 Å². The Morgan fingerprint density at radius 3 is 2.57 bits per heavy atom. The SMILES string of the molecule is CC1(C)[C@@H](/C=C(\Cl)c2ccco2)[C@@H]1C(=O)OCc1cccc(Oc2ccccc2)c1. The lowest BCUT2D eigenvalue weighted by atomic mass is 10.1. The first-order valence-corrected chi connectivity index (χ1v) is 10.2. The van der Waals surface area contributed by atoms with Crippen LogP contribution in [0.25, 0.3) is 5.03 Å². The van der Waals surface area contributed by atoms with Gasteiger partial charge in [-0.1, -0.05) is 61.9 Å². The number of benzene rings is 2. The number of rotatable bonds is 7. The van der Waals surface area contributed by atoms with E-state index in [1.165, 1.54) is 0 Å². The van der Waals surface area contributed by atoms with Gasteiger partial charge in [-0.15, -0.1) is 0 Å². The Morgan fingerprint density at radius 2 is 1.83 bits per heavy atom. The van der Waals surface area contributed by atoms with E-state index in [1.807, 2.05) is 74.5 Å². The Morgan fingerprint density at radius 1 is 1.07 bits per heavy atom. The molecule has 0 spiro atoms. The maximum absolute atomic E-state index is 12.7. The number of ether oxygens (including phenoxy) is 2. The van der Waals surface area contributed by atoms with E-state index in [4.69, 9.17) is 25.5 Å². The van der Waals surface area contributed by atoms with Crippen LogP contribution in [0.2, 0.25) is 0 Å². The lowest BCUT2D eigenvalue weighted by Gasteiger charge is -2.09. The number of furan rings is 1. The van der Waals surface area contributed by atoms with Crippen LogP contribution in [0, 0.1) is 17.3 Å². The average Bonchev–Trinajstić information content (AvgIpc) is 3.10. The number of para-hydroxylation sites is 1. The molecule has 0 aliphatic heterocycles. The Bertz CT molecular complexity index is 1040. The van der Waals surface area contributed by atoms with E-state index in [9.17, 15) is 4.79 Å². The molecule has 1 aliphatic carbocycles. The molecule has 0 amide bonds. The maximum atomic E-state index is 12.7. The minimum absolute atomic E-state index is 0.00958. The van der Waals surface area contributed by atoms with Crippen molar-refractivity contribution in [1.82, 2.24) is 0 Å². The van der Waals surface area contributed by atoms with Crippen LogP contribution in [0.15, 0.2) is 83.5 Å². The fraction of sp³-hybridized carbons (Fsp3) is 0.240. The zero-order chi connectivity index (χ0) is 21.1. The fourth-order valence-corrected chi connectivity index (χ4v) is 3.90. The summed E-state index contributed by atoms with van der Waals surface area (Å²) in [5.41, 5.74) is 0.665. The van der Waals surface area contributed by atoms with E-state index < -0.39 is 0 Å². The van der Waals surface area contributed by atoms with Crippen molar-refractivity contribution in [2.75, 3.05) is 0 Å². The van der Waals surface area contributed by atoms with Crippen LogP contribution < -0.4 is 4.74 Å². The Kier molecular flexibility index (Phi) is 5.69. The number of hydrogen-bond donors (Lipinski definition) is 0. The quantitative estimate of drug-likeness (QED) is 0.399. The first-order chi connectivity index (χ1) is 14.4. The van der Waals surface area contributed by atoms with Gasteiger partial charge in [-0.2, -0.15) is 0 Å². The van der Waals surface area contributed by atoms with Crippen molar-refractivity contribution in [2.24, 2.45) is 17.3 Å². The number of halogens is 1. The van der Waals surface area contributed by atoms with Crippen molar-refractivity contribution >= 4 is 22.6 Å². The minimum atomic E-state index is -0.232. The molecular weight excluding hydrogens is 400 g/mol. The molecule has 30 heavy (non-hydrogen) atoms. The van der Waals surface area contributed by atoms with Gasteiger partial charge in [0.1, 0.15) is 23.9 Å². The molecule has 2 aromatic carbocycles. The third-order valence-electron chi connectivity index (χ3n) is 5.51. The summed E-state index contributed by atoms with van der Waals surface area (Å²) in [5, 5.41) is 0.513. The highest BCUT2D eigenvalue weighted by Gasteiger charge is 2.61. The summed E-state index contributed by atoms with van der Waals surface area (Å²) in [7, 11) is 0. The molecule has 1 fully saturated rings. The number of allylic oxidation sites excluding steroid dienone is 1. The molecule has 0 N–H and O–H groups in total. The zero-order valence-electron chi connectivity index (χ0n) is 16.9. The smallest absolute Gasteiger partial charge is 0.310 e. The third-order valence-corrected chi connectivity index (χ3v) is 5.82. The lowest BCUT2D eigenvalue weighted by Crippen LogP contribution is -2.10. The Balaban J connectivity index is 1.37. The van der Waals surface area contributed by atoms with Crippen LogP contribution in [-0.4, -0.2) is 5.97 Å². The standard InChI is InChI=1S/C25H23ClO4/c1-25(2)20(15-21(26)22-12-7-13-28-22)23(25)24(27)29-16-17-8-6-11-19(14-17)30-18-9-4-3-5-10-18/h3-15,20,23H,16H2,1-2H3/b21-15-/t20-,23+/m0/s1. The summed E-state index contributed by atoms with van der Waals surface area (Å²) >= 11 is 6.34. The predicted molar refractivity (Wildman–Crippen MR) is 116 cm³/mol. The predicted octanol–water partition coefficient (Wildman–Crippen LogP) is 6.67. The number of hydrogen-bond acceptors (Lipinski definition) is 4. The van der Waals surface area contributed by atoms with Gasteiger partial charge >= 0.3 is 5.97 Å². The van der Waals surface area contributed by atoms with E-state index in [-0.39, 0.29) is 29.8 Å². The molecule has 1 aliphatic rings. The molecule has 5 heteroatoms. The highest BCUT2D eigenvalue weighted by Crippen LogP contribution is 2.60. The first-order valence-electron chi connectivity index (χ1n) is 9.85. The van der Waals surface area contributed by atoms with Gasteiger partial charge in [-0.3, -0.25) is 4.79 Å². The molecule has 154 valence electrons. The van der Waals surface area contributed by atoms with Gasteiger partial charge in [-0.05, 0) is 53.3 Å². The maximum Gasteiger partial charge on any atom is 0.310 e. The van der Waals surface area contributed by atoms with Gasteiger partial charge in [0.15, 0.2) is 0 Å². The Labute approximate surface area is 181 Å². The van der Waals surface area contributed by atoms with E-state index in [0.717, 1.165) is 11.3 Å². The summed E-state index contributed by atoms with van der Waals surface area (Å²) in [6.45, 7) is 4.28. The number of esters is 1. The topological polar surface area (TPSA) is 48.7 Å². The summed E-state index contributed by atoms with van der Waals surface area (Å²) in [6, 6.07) is 20.7. The Hall–Kier alpha value is -2.98. The van der Waals surface area contributed by atoms with Crippen LogP contribution in [0.5, 0.6) is 11.5 Å². The number of carbonyl (C=O) groups excluding carboxylic acids is 1.